The third-order valence-electron chi connectivity index (χ3n) is 2.72. The molecule has 19 heavy (non-hydrogen) atoms. The summed E-state index contributed by atoms with van der Waals surface area (Å²) in [6, 6.07) is 1.38. The van der Waals surface area contributed by atoms with E-state index in [1.54, 1.807) is 6.92 Å². The number of aryl methyl sites for hydroxylation is 1. The molecule has 1 N–H and O–H groups in total. The molecule has 106 valence electrons. The van der Waals surface area contributed by atoms with E-state index in [-0.39, 0.29) is 11.1 Å². The summed E-state index contributed by atoms with van der Waals surface area (Å²) < 4.78 is 36.6. The molecule has 1 rings (SSSR count). The SMILES string of the molecule is COC(OC)C(C)NC(=O)c1cc(C)c(F)cc1F. The van der Waals surface area contributed by atoms with Crippen LogP contribution < -0.4 is 5.32 Å². The Hall–Kier alpha value is -1.53. The van der Waals surface area contributed by atoms with Crippen LogP contribution in [0.1, 0.15) is 22.8 Å². The lowest BCUT2D eigenvalue weighted by Gasteiger charge is -2.22. The van der Waals surface area contributed by atoms with Crippen molar-refractivity contribution in [2.45, 2.75) is 26.2 Å². The van der Waals surface area contributed by atoms with Crippen LogP contribution in [0.25, 0.3) is 0 Å². The van der Waals surface area contributed by atoms with Crippen molar-refractivity contribution in [3.8, 4) is 0 Å². The molecule has 0 heterocycles. The monoisotopic (exact) mass is 273 g/mol. The summed E-state index contributed by atoms with van der Waals surface area (Å²) in [6.45, 7) is 3.12. The van der Waals surface area contributed by atoms with Gasteiger partial charge in [0.1, 0.15) is 11.6 Å². The van der Waals surface area contributed by atoms with Gasteiger partial charge in [0, 0.05) is 20.3 Å². The highest BCUT2D eigenvalue weighted by Gasteiger charge is 2.21. The van der Waals surface area contributed by atoms with Crippen molar-refractivity contribution in [1.82, 2.24) is 5.32 Å². The maximum Gasteiger partial charge on any atom is 0.254 e. The molecule has 6 heteroatoms. The molecule has 1 amide bonds. The summed E-state index contributed by atoms with van der Waals surface area (Å²) in [6.07, 6.45) is -0.645. The van der Waals surface area contributed by atoms with Gasteiger partial charge < -0.3 is 14.8 Å². The van der Waals surface area contributed by atoms with E-state index >= 15 is 0 Å². The van der Waals surface area contributed by atoms with E-state index in [9.17, 15) is 13.6 Å². The summed E-state index contributed by atoms with van der Waals surface area (Å²) in [5, 5.41) is 2.53. The largest absolute Gasteiger partial charge is 0.354 e. The Kier molecular flexibility index (Phi) is 5.38. The van der Waals surface area contributed by atoms with Crippen molar-refractivity contribution in [3.05, 3.63) is 34.9 Å². The van der Waals surface area contributed by atoms with Crippen LogP contribution in [0.15, 0.2) is 12.1 Å². The molecular weight excluding hydrogens is 256 g/mol. The van der Waals surface area contributed by atoms with E-state index in [0.717, 1.165) is 0 Å². The van der Waals surface area contributed by atoms with E-state index in [2.05, 4.69) is 5.32 Å². The van der Waals surface area contributed by atoms with Crippen LogP contribution in [-0.4, -0.2) is 32.5 Å². The van der Waals surface area contributed by atoms with Gasteiger partial charge in [0.15, 0.2) is 6.29 Å². The fraction of sp³-hybridized carbons (Fsp3) is 0.462. The molecule has 4 nitrogen and oxygen atoms in total. The maximum atomic E-state index is 13.5. The quantitative estimate of drug-likeness (QED) is 0.835. The van der Waals surface area contributed by atoms with E-state index in [1.807, 2.05) is 0 Å². The second kappa shape index (κ2) is 6.58. The molecule has 1 atom stereocenters. The smallest absolute Gasteiger partial charge is 0.254 e. The van der Waals surface area contributed by atoms with Crippen molar-refractivity contribution in [3.63, 3.8) is 0 Å². The second-order valence-corrected chi connectivity index (χ2v) is 4.18. The lowest BCUT2D eigenvalue weighted by Crippen LogP contribution is -2.43. The molecule has 1 unspecified atom stereocenters. The van der Waals surface area contributed by atoms with Crippen molar-refractivity contribution in [2.75, 3.05) is 14.2 Å². The maximum absolute atomic E-state index is 13.5. The Morgan fingerprint density at radius 3 is 2.32 bits per heavy atom. The number of benzene rings is 1. The van der Waals surface area contributed by atoms with E-state index < -0.39 is 29.9 Å². The number of carbonyl (C=O) groups excluding carboxylic acids is 1. The zero-order chi connectivity index (χ0) is 14.6. The van der Waals surface area contributed by atoms with Crippen molar-refractivity contribution in [1.29, 1.82) is 0 Å². The highest BCUT2D eigenvalue weighted by atomic mass is 19.1. The van der Waals surface area contributed by atoms with Crippen LogP contribution in [0.4, 0.5) is 8.78 Å². The summed E-state index contributed by atoms with van der Waals surface area (Å²) in [4.78, 5) is 11.9. The number of rotatable bonds is 5. The lowest BCUT2D eigenvalue weighted by molar-refractivity contribution is -0.117. The van der Waals surface area contributed by atoms with E-state index in [4.69, 9.17) is 9.47 Å². The van der Waals surface area contributed by atoms with Gasteiger partial charge in [0.2, 0.25) is 0 Å². The Morgan fingerprint density at radius 2 is 1.79 bits per heavy atom. The number of hydrogen-bond acceptors (Lipinski definition) is 3. The number of hydrogen-bond donors (Lipinski definition) is 1. The number of amides is 1. The average molecular weight is 273 g/mol. The molecule has 0 fully saturated rings. The molecule has 0 aliphatic heterocycles. The normalized spacial score (nSPS) is 12.6. The number of ether oxygens (including phenoxy) is 2. The Morgan fingerprint density at radius 1 is 1.21 bits per heavy atom. The molecule has 0 spiro atoms. The first-order chi connectivity index (χ1) is 8.90. The highest BCUT2D eigenvalue weighted by Crippen LogP contribution is 2.14. The fourth-order valence-electron chi connectivity index (χ4n) is 1.69. The van der Waals surface area contributed by atoms with Gasteiger partial charge >= 0.3 is 0 Å². The fourth-order valence-corrected chi connectivity index (χ4v) is 1.69. The standard InChI is InChI=1S/C13H17F2NO3/c1-7-5-9(11(15)6-10(7)14)12(17)16-8(2)13(18-3)19-4/h5-6,8,13H,1-4H3,(H,16,17). The average Bonchev–Trinajstić information content (AvgIpc) is 2.35. The van der Waals surface area contributed by atoms with Crippen molar-refractivity contribution >= 4 is 5.91 Å². The first-order valence-electron chi connectivity index (χ1n) is 5.72. The molecule has 1 aromatic rings. The van der Waals surface area contributed by atoms with Gasteiger partial charge in [-0.15, -0.1) is 0 Å². The number of halogens is 2. The van der Waals surface area contributed by atoms with Crippen molar-refractivity contribution in [2.24, 2.45) is 0 Å². The predicted octanol–water partition coefficient (Wildman–Crippen LogP) is 2.01. The zero-order valence-corrected chi connectivity index (χ0v) is 11.3. The number of carbonyl (C=O) groups is 1. The van der Waals surface area contributed by atoms with Crippen LogP contribution >= 0.6 is 0 Å². The van der Waals surface area contributed by atoms with Gasteiger partial charge in [-0.1, -0.05) is 0 Å². The van der Waals surface area contributed by atoms with Crippen molar-refractivity contribution < 1.29 is 23.0 Å². The van der Waals surface area contributed by atoms with Gasteiger partial charge in [-0.25, -0.2) is 8.78 Å². The zero-order valence-electron chi connectivity index (χ0n) is 11.3. The van der Waals surface area contributed by atoms with Gasteiger partial charge in [-0.05, 0) is 25.5 Å². The van der Waals surface area contributed by atoms with Crippen LogP contribution in [0.5, 0.6) is 0 Å². The highest BCUT2D eigenvalue weighted by molar-refractivity contribution is 5.94. The summed E-state index contributed by atoms with van der Waals surface area (Å²) in [5.41, 5.74) is -0.00839. The van der Waals surface area contributed by atoms with Gasteiger partial charge in [0.25, 0.3) is 5.91 Å². The van der Waals surface area contributed by atoms with Gasteiger partial charge in [-0.3, -0.25) is 4.79 Å². The predicted molar refractivity (Wildman–Crippen MR) is 65.8 cm³/mol. The molecule has 0 aromatic heterocycles. The van der Waals surface area contributed by atoms with Gasteiger partial charge in [0.05, 0.1) is 11.6 Å². The minimum atomic E-state index is -0.904. The Labute approximate surface area is 110 Å². The Bertz CT molecular complexity index is 461. The minimum absolute atomic E-state index is 0.203. The first-order valence-corrected chi connectivity index (χ1v) is 5.72. The van der Waals surface area contributed by atoms with Crippen LogP contribution in [0.2, 0.25) is 0 Å². The molecule has 0 saturated heterocycles. The van der Waals surface area contributed by atoms with Gasteiger partial charge in [-0.2, -0.15) is 0 Å². The summed E-state index contributed by atoms with van der Waals surface area (Å²) in [5.74, 6) is -2.24. The Balaban J connectivity index is 2.87. The lowest BCUT2D eigenvalue weighted by atomic mass is 10.1. The van der Waals surface area contributed by atoms with Crippen LogP contribution in [0.3, 0.4) is 0 Å². The molecule has 0 saturated carbocycles. The minimum Gasteiger partial charge on any atom is -0.354 e. The second-order valence-electron chi connectivity index (χ2n) is 4.18. The molecule has 0 radical (unpaired) electrons. The topological polar surface area (TPSA) is 47.6 Å². The molecule has 0 aliphatic carbocycles. The molecular formula is C13H17F2NO3. The van der Waals surface area contributed by atoms with Crippen LogP contribution in [-0.2, 0) is 9.47 Å². The van der Waals surface area contributed by atoms with Crippen LogP contribution in [0, 0.1) is 18.6 Å². The summed E-state index contributed by atoms with van der Waals surface area (Å²) in [7, 11) is 2.86. The van der Waals surface area contributed by atoms with E-state index in [1.165, 1.54) is 27.2 Å². The number of nitrogens with one attached hydrogen (secondary N) is 1. The summed E-state index contributed by atoms with van der Waals surface area (Å²) >= 11 is 0. The van der Waals surface area contributed by atoms with E-state index in [0.29, 0.717) is 6.07 Å². The third-order valence-corrected chi connectivity index (χ3v) is 2.72. The molecule has 1 aromatic carbocycles. The third kappa shape index (κ3) is 3.71. The first kappa shape index (κ1) is 15.5. The number of methoxy groups -OCH3 is 2. The molecule has 0 bridgehead atoms. The molecule has 0 aliphatic rings.